The molecule has 0 atom stereocenters. The zero-order chi connectivity index (χ0) is 25.3. The fourth-order valence-corrected chi connectivity index (χ4v) is 3.70. The van der Waals surface area contributed by atoms with Gasteiger partial charge in [0.05, 0.1) is 31.4 Å². The van der Waals surface area contributed by atoms with E-state index in [9.17, 15) is 4.79 Å². The van der Waals surface area contributed by atoms with Gasteiger partial charge in [-0.2, -0.15) is 0 Å². The quantitative estimate of drug-likeness (QED) is 0.438. The predicted octanol–water partition coefficient (Wildman–Crippen LogP) is 3.72. The molecule has 0 saturated carbocycles. The van der Waals surface area contributed by atoms with E-state index in [0.717, 1.165) is 45.7 Å². The number of amides is 1. The van der Waals surface area contributed by atoms with Crippen molar-refractivity contribution in [2.24, 2.45) is 0 Å². The molecule has 1 saturated heterocycles. The largest absolute Gasteiger partial charge is 0.493 e. The van der Waals surface area contributed by atoms with E-state index in [4.69, 9.17) is 30.5 Å². The standard InChI is InChI=1S/C24H36ClN5O5/c1-24(2,3)35-23(31)27-8-6-5-7-26-22-21(25)28-17-15-19(32-4)20(16-18(17)29-22)34-14-11-30-9-12-33-13-10-30/h15-16H,5-14H2,1-4H3,(H,26,29)(H,27,31). The summed E-state index contributed by atoms with van der Waals surface area (Å²) >= 11 is 6.35. The molecule has 1 amide bonds. The molecule has 0 radical (unpaired) electrons. The van der Waals surface area contributed by atoms with Crippen LogP contribution in [0.1, 0.15) is 33.6 Å². The van der Waals surface area contributed by atoms with Crippen molar-refractivity contribution >= 4 is 34.5 Å². The molecule has 3 rings (SSSR count). The average Bonchev–Trinajstić information content (AvgIpc) is 2.81. The van der Waals surface area contributed by atoms with Crippen molar-refractivity contribution in [3.8, 4) is 11.5 Å². The van der Waals surface area contributed by atoms with Crippen LogP contribution in [0.3, 0.4) is 0 Å². The summed E-state index contributed by atoms with van der Waals surface area (Å²) in [7, 11) is 1.60. The molecule has 35 heavy (non-hydrogen) atoms. The number of aromatic nitrogens is 2. The van der Waals surface area contributed by atoms with Crippen molar-refractivity contribution in [2.75, 3.05) is 65.0 Å². The number of nitrogens with zero attached hydrogens (tertiary/aromatic N) is 3. The molecule has 194 valence electrons. The number of carbonyl (C=O) groups excluding carboxylic acids is 1. The fourth-order valence-electron chi connectivity index (χ4n) is 3.50. The molecule has 0 spiro atoms. The van der Waals surface area contributed by atoms with Gasteiger partial charge in [0.1, 0.15) is 12.2 Å². The number of halogens is 1. The molecule has 1 aromatic carbocycles. The molecule has 2 N–H and O–H groups in total. The molecule has 0 bridgehead atoms. The number of methoxy groups -OCH3 is 1. The number of fused-ring (bicyclic) bond motifs is 1. The van der Waals surface area contributed by atoms with Crippen LogP contribution in [-0.4, -0.2) is 86.2 Å². The molecule has 1 aliphatic heterocycles. The number of hydrogen-bond acceptors (Lipinski definition) is 9. The normalized spacial score (nSPS) is 14.5. The lowest BCUT2D eigenvalue weighted by Gasteiger charge is -2.26. The Kier molecular flexibility index (Phi) is 10.00. The summed E-state index contributed by atoms with van der Waals surface area (Å²) in [6, 6.07) is 3.61. The van der Waals surface area contributed by atoms with Gasteiger partial charge in [0, 0.05) is 44.9 Å². The molecular weight excluding hydrogens is 474 g/mol. The van der Waals surface area contributed by atoms with E-state index in [2.05, 4.69) is 25.5 Å². The van der Waals surface area contributed by atoms with Gasteiger partial charge in [-0.1, -0.05) is 11.6 Å². The van der Waals surface area contributed by atoms with Gasteiger partial charge >= 0.3 is 6.09 Å². The second-order valence-corrected chi connectivity index (χ2v) is 9.58. The van der Waals surface area contributed by atoms with Crippen LogP contribution in [0.15, 0.2) is 12.1 Å². The number of unbranched alkanes of at least 4 members (excludes halogenated alkanes) is 1. The van der Waals surface area contributed by atoms with Crippen molar-refractivity contribution in [3.63, 3.8) is 0 Å². The Morgan fingerprint density at radius 3 is 2.51 bits per heavy atom. The maximum Gasteiger partial charge on any atom is 0.407 e. The summed E-state index contributed by atoms with van der Waals surface area (Å²) < 4.78 is 22.1. The molecule has 10 nitrogen and oxygen atoms in total. The molecular formula is C24H36ClN5O5. The first-order valence-electron chi connectivity index (χ1n) is 11.9. The number of alkyl carbamates (subject to hydrolysis) is 1. The summed E-state index contributed by atoms with van der Waals surface area (Å²) in [4.78, 5) is 23.1. The first-order valence-corrected chi connectivity index (χ1v) is 12.3. The zero-order valence-electron chi connectivity index (χ0n) is 21.0. The number of morpholine rings is 1. The van der Waals surface area contributed by atoms with Crippen molar-refractivity contribution in [1.82, 2.24) is 20.2 Å². The van der Waals surface area contributed by atoms with Crippen LogP contribution in [0.5, 0.6) is 11.5 Å². The third-order valence-electron chi connectivity index (χ3n) is 5.24. The van der Waals surface area contributed by atoms with Crippen molar-refractivity contribution in [3.05, 3.63) is 17.3 Å². The van der Waals surface area contributed by atoms with Crippen LogP contribution in [0.2, 0.25) is 5.15 Å². The Hall–Kier alpha value is -2.56. The van der Waals surface area contributed by atoms with Crippen molar-refractivity contribution < 1.29 is 23.7 Å². The molecule has 2 heterocycles. The topological polar surface area (TPSA) is 107 Å². The molecule has 11 heteroatoms. The summed E-state index contributed by atoms with van der Waals surface area (Å²) in [6.07, 6.45) is 1.18. The molecule has 1 aromatic heterocycles. The lowest BCUT2D eigenvalue weighted by molar-refractivity contribution is 0.0321. The van der Waals surface area contributed by atoms with Gasteiger partial charge in [-0.05, 0) is 33.6 Å². The number of anilines is 1. The van der Waals surface area contributed by atoms with E-state index < -0.39 is 11.7 Å². The lowest BCUT2D eigenvalue weighted by Crippen LogP contribution is -2.38. The van der Waals surface area contributed by atoms with Crippen molar-refractivity contribution in [1.29, 1.82) is 0 Å². The zero-order valence-corrected chi connectivity index (χ0v) is 21.7. The molecule has 0 unspecified atom stereocenters. The third-order valence-corrected chi connectivity index (χ3v) is 5.50. The Balaban J connectivity index is 1.52. The van der Waals surface area contributed by atoms with Crippen LogP contribution < -0.4 is 20.1 Å². The highest BCUT2D eigenvalue weighted by Crippen LogP contribution is 2.33. The van der Waals surface area contributed by atoms with E-state index in [1.54, 1.807) is 13.2 Å². The molecule has 1 fully saturated rings. The van der Waals surface area contributed by atoms with Crippen LogP contribution in [-0.2, 0) is 9.47 Å². The number of benzene rings is 1. The van der Waals surface area contributed by atoms with Crippen LogP contribution in [0, 0.1) is 0 Å². The summed E-state index contributed by atoms with van der Waals surface area (Å²) in [6.45, 7) is 11.3. The SMILES string of the molecule is COc1cc2nc(Cl)c(NCCCCNC(=O)OC(C)(C)C)nc2cc1OCCN1CCOCC1. The van der Waals surface area contributed by atoms with E-state index in [1.807, 2.05) is 26.8 Å². The highest BCUT2D eigenvalue weighted by Gasteiger charge is 2.16. The number of nitrogens with one attached hydrogen (secondary N) is 2. The summed E-state index contributed by atoms with van der Waals surface area (Å²) in [5.74, 6) is 1.70. The van der Waals surface area contributed by atoms with Crippen LogP contribution >= 0.6 is 11.6 Å². The Labute approximate surface area is 211 Å². The minimum Gasteiger partial charge on any atom is -0.493 e. The number of carbonyl (C=O) groups is 1. The first-order chi connectivity index (χ1) is 16.7. The number of rotatable bonds is 11. The Morgan fingerprint density at radius 1 is 1.11 bits per heavy atom. The van der Waals surface area contributed by atoms with Gasteiger partial charge in [0.15, 0.2) is 22.5 Å². The van der Waals surface area contributed by atoms with Gasteiger partial charge in [0.2, 0.25) is 0 Å². The van der Waals surface area contributed by atoms with Gasteiger partial charge in [-0.25, -0.2) is 14.8 Å². The minimum atomic E-state index is -0.505. The summed E-state index contributed by atoms with van der Waals surface area (Å²) in [5.41, 5.74) is 0.777. The Morgan fingerprint density at radius 2 is 1.80 bits per heavy atom. The summed E-state index contributed by atoms with van der Waals surface area (Å²) in [5, 5.41) is 6.26. The van der Waals surface area contributed by atoms with Crippen molar-refractivity contribution in [2.45, 2.75) is 39.2 Å². The third kappa shape index (κ3) is 8.87. The van der Waals surface area contributed by atoms with Crippen LogP contribution in [0.4, 0.5) is 10.6 Å². The molecule has 1 aliphatic rings. The first kappa shape index (κ1) is 27.0. The monoisotopic (exact) mass is 509 g/mol. The smallest absolute Gasteiger partial charge is 0.407 e. The van der Waals surface area contributed by atoms with Gasteiger partial charge < -0.3 is 29.6 Å². The second kappa shape index (κ2) is 12.9. The Bertz CT molecular complexity index is 979. The minimum absolute atomic E-state index is 0.285. The maximum atomic E-state index is 11.7. The van der Waals surface area contributed by atoms with E-state index >= 15 is 0 Å². The predicted molar refractivity (Wildman–Crippen MR) is 136 cm³/mol. The molecule has 2 aromatic rings. The average molecular weight is 510 g/mol. The molecule has 0 aliphatic carbocycles. The number of ether oxygens (including phenoxy) is 4. The maximum absolute atomic E-state index is 11.7. The second-order valence-electron chi connectivity index (χ2n) is 9.22. The van der Waals surface area contributed by atoms with Gasteiger partial charge in [0.25, 0.3) is 0 Å². The highest BCUT2D eigenvalue weighted by atomic mass is 35.5. The lowest BCUT2D eigenvalue weighted by atomic mass is 10.2. The van der Waals surface area contributed by atoms with E-state index in [-0.39, 0.29) is 5.15 Å². The fraction of sp³-hybridized carbons (Fsp3) is 0.625. The van der Waals surface area contributed by atoms with E-state index in [0.29, 0.717) is 48.0 Å². The highest BCUT2D eigenvalue weighted by molar-refractivity contribution is 6.32. The van der Waals surface area contributed by atoms with Gasteiger partial charge in [-0.15, -0.1) is 0 Å². The van der Waals surface area contributed by atoms with E-state index in [1.165, 1.54) is 0 Å². The van der Waals surface area contributed by atoms with Gasteiger partial charge in [-0.3, -0.25) is 4.90 Å². The van der Waals surface area contributed by atoms with Crippen LogP contribution in [0.25, 0.3) is 11.0 Å². The number of hydrogen-bond donors (Lipinski definition) is 2.